The van der Waals surface area contributed by atoms with Crippen LogP contribution in [-0.4, -0.2) is 10.6 Å². The molecule has 0 aliphatic heterocycles. The van der Waals surface area contributed by atoms with Crippen LogP contribution in [0.1, 0.15) is 12.0 Å². The third-order valence-electron chi connectivity index (χ3n) is 9.09. The molecule has 0 spiro atoms. The molecule has 2 heterocycles. The Morgan fingerprint density at radius 3 is 1.91 bits per heavy atom. The smallest absolute Gasteiger partial charge is 0.0619 e. The van der Waals surface area contributed by atoms with Crippen LogP contribution >= 0.6 is 11.3 Å². The van der Waals surface area contributed by atoms with Crippen molar-refractivity contribution in [2.75, 3.05) is 4.90 Å². The van der Waals surface area contributed by atoms with Crippen molar-refractivity contribution in [3.05, 3.63) is 169 Å². The molecule has 0 saturated carbocycles. The lowest BCUT2D eigenvalue weighted by Crippen LogP contribution is -2.30. The number of aromatic nitrogens is 1. The second-order valence-corrected chi connectivity index (χ2v) is 12.8. The molecular formula is C42H30N2S. The number of thiophene rings is 1. The van der Waals surface area contributed by atoms with E-state index < -0.39 is 0 Å². The summed E-state index contributed by atoms with van der Waals surface area (Å²) < 4.78 is 5.08. The molecule has 2 aromatic heterocycles. The highest BCUT2D eigenvalue weighted by molar-refractivity contribution is 7.26. The highest BCUT2D eigenvalue weighted by Gasteiger charge is 2.25. The maximum atomic E-state index is 2.56. The standard InChI is InChI=1S/C42H30N2S/c1-3-13-29(14-4-1)30-23-25-32(26-24-30)43(31-15-5-2-6-16-31)40-28-33(27-37-36-19-9-12-22-41(36)45-42(37)40)44-38-20-10-7-17-34(38)35-18-8-11-21-39(35)44/h1-25,27-28,32H,26H2. The second kappa shape index (κ2) is 10.7. The molecule has 45 heavy (non-hydrogen) atoms. The van der Waals surface area contributed by atoms with Crippen LogP contribution in [0, 0.1) is 0 Å². The number of hydrogen-bond donors (Lipinski definition) is 0. The predicted octanol–water partition coefficient (Wildman–Crippen LogP) is 11.7. The molecule has 1 aliphatic rings. The fourth-order valence-corrected chi connectivity index (χ4v) is 8.24. The van der Waals surface area contributed by atoms with E-state index in [1.54, 1.807) is 0 Å². The number of allylic oxidation sites excluding steroid dienone is 2. The summed E-state index contributed by atoms with van der Waals surface area (Å²) >= 11 is 1.90. The van der Waals surface area contributed by atoms with Crippen molar-refractivity contribution in [2.45, 2.75) is 12.5 Å². The van der Waals surface area contributed by atoms with Crippen molar-refractivity contribution in [1.29, 1.82) is 0 Å². The predicted molar refractivity (Wildman–Crippen MR) is 194 cm³/mol. The summed E-state index contributed by atoms with van der Waals surface area (Å²) in [6.07, 6.45) is 8.01. The summed E-state index contributed by atoms with van der Waals surface area (Å²) in [6.45, 7) is 0. The van der Waals surface area contributed by atoms with E-state index in [1.165, 1.54) is 70.2 Å². The third kappa shape index (κ3) is 4.31. The van der Waals surface area contributed by atoms with Crippen LogP contribution in [0.25, 0.3) is 53.2 Å². The molecule has 1 unspecified atom stereocenters. The minimum Gasteiger partial charge on any atom is -0.333 e. The summed E-state index contributed by atoms with van der Waals surface area (Å²) in [5, 5.41) is 5.16. The normalized spacial score (nSPS) is 14.8. The monoisotopic (exact) mass is 594 g/mol. The maximum absolute atomic E-state index is 2.56. The topological polar surface area (TPSA) is 8.17 Å². The van der Waals surface area contributed by atoms with E-state index in [-0.39, 0.29) is 6.04 Å². The molecule has 6 aromatic carbocycles. The first kappa shape index (κ1) is 26.1. The second-order valence-electron chi connectivity index (χ2n) is 11.7. The summed E-state index contributed by atoms with van der Waals surface area (Å²) in [5.74, 6) is 0. The Balaban J connectivity index is 1.31. The van der Waals surface area contributed by atoms with Gasteiger partial charge in [-0.05, 0) is 60.0 Å². The van der Waals surface area contributed by atoms with E-state index in [9.17, 15) is 0 Å². The molecule has 1 aliphatic carbocycles. The first-order valence-electron chi connectivity index (χ1n) is 15.6. The molecule has 0 amide bonds. The molecule has 3 heteroatoms. The fourth-order valence-electron chi connectivity index (χ4n) is 7.05. The van der Waals surface area contributed by atoms with E-state index in [2.05, 4.69) is 173 Å². The Morgan fingerprint density at radius 1 is 0.600 bits per heavy atom. The molecule has 1 atom stereocenters. The van der Waals surface area contributed by atoms with Gasteiger partial charge in [-0.2, -0.15) is 0 Å². The van der Waals surface area contributed by atoms with Crippen LogP contribution in [0.4, 0.5) is 11.4 Å². The molecule has 0 bridgehead atoms. The molecular weight excluding hydrogens is 565 g/mol. The Hall–Kier alpha value is -5.38. The molecule has 9 rings (SSSR count). The zero-order chi connectivity index (χ0) is 29.7. The van der Waals surface area contributed by atoms with Crippen LogP contribution in [0.2, 0.25) is 0 Å². The van der Waals surface area contributed by atoms with E-state index in [4.69, 9.17) is 0 Å². The zero-order valence-corrected chi connectivity index (χ0v) is 25.5. The zero-order valence-electron chi connectivity index (χ0n) is 24.7. The van der Waals surface area contributed by atoms with Crippen LogP contribution in [0.15, 0.2) is 164 Å². The minimum atomic E-state index is 0.168. The van der Waals surface area contributed by atoms with Gasteiger partial charge in [-0.25, -0.2) is 0 Å². The Kier molecular flexibility index (Phi) is 6.17. The number of fused-ring (bicyclic) bond motifs is 6. The van der Waals surface area contributed by atoms with Gasteiger partial charge in [-0.3, -0.25) is 0 Å². The van der Waals surface area contributed by atoms with Gasteiger partial charge in [-0.15, -0.1) is 11.3 Å². The van der Waals surface area contributed by atoms with E-state index in [1.807, 2.05) is 11.3 Å². The SMILES string of the molecule is C1=CC(N(c2ccccc2)c2cc(-n3c4ccccc4c4ccccc43)cc3c2sc2ccccc23)CC=C1c1ccccc1. The molecule has 8 aromatic rings. The van der Waals surface area contributed by atoms with Gasteiger partial charge in [-0.1, -0.05) is 121 Å². The van der Waals surface area contributed by atoms with E-state index in [0.29, 0.717) is 0 Å². The molecule has 0 radical (unpaired) electrons. The summed E-state index contributed by atoms with van der Waals surface area (Å²) in [5.41, 5.74) is 8.61. The number of rotatable bonds is 5. The van der Waals surface area contributed by atoms with Gasteiger partial charge in [0.25, 0.3) is 0 Å². The number of hydrogen-bond acceptors (Lipinski definition) is 2. The van der Waals surface area contributed by atoms with Gasteiger partial charge < -0.3 is 9.47 Å². The lowest BCUT2D eigenvalue weighted by atomic mass is 9.95. The molecule has 2 nitrogen and oxygen atoms in total. The van der Waals surface area contributed by atoms with Gasteiger partial charge in [0.2, 0.25) is 0 Å². The molecule has 214 valence electrons. The van der Waals surface area contributed by atoms with E-state index >= 15 is 0 Å². The maximum Gasteiger partial charge on any atom is 0.0619 e. The van der Waals surface area contributed by atoms with Crippen molar-refractivity contribution < 1.29 is 0 Å². The Bertz CT molecular complexity index is 2360. The number of nitrogens with zero attached hydrogens (tertiary/aromatic N) is 2. The number of para-hydroxylation sites is 3. The highest BCUT2D eigenvalue weighted by atomic mass is 32.1. The fraction of sp³-hybridized carbons (Fsp3) is 0.0476. The van der Waals surface area contributed by atoms with Crippen molar-refractivity contribution >= 4 is 70.3 Å². The first-order valence-corrected chi connectivity index (χ1v) is 16.4. The van der Waals surface area contributed by atoms with Gasteiger partial charge >= 0.3 is 0 Å². The quantitative estimate of drug-likeness (QED) is 0.192. The summed E-state index contributed by atoms with van der Waals surface area (Å²) in [6, 6.07) is 53.0. The van der Waals surface area contributed by atoms with Crippen molar-refractivity contribution in [3.8, 4) is 5.69 Å². The molecule has 0 saturated heterocycles. The van der Waals surface area contributed by atoms with Crippen molar-refractivity contribution in [2.24, 2.45) is 0 Å². The number of anilines is 2. The third-order valence-corrected chi connectivity index (χ3v) is 10.3. The molecule has 0 N–H and O–H groups in total. The first-order chi connectivity index (χ1) is 22.3. The van der Waals surface area contributed by atoms with Crippen molar-refractivity contribution in [1.82, 2.24) is 4.57 Å². The van der Waals surface area contributed by atoms with Gasteiger partial charge in [0.1, 0.15) is 0 Å². The Labute approximate surface area is 266 Å². The van der Waals surface area contributed by atoms with Gasteiger partial charge in [0.15, 0.2) is 0 Å². The lowest BCUT2D eigenvalue weighted by molar-refractivity contribution is 0.789. The van der Waals surface area contributed by atoms with Crippen LogP contribution in [0.5, 0.6) is 0 Å². The van der Waals surface area contributed by atoms with E-state index in [0.717, 1.165) is 6.42 Å². The average molecular weight is 595 g/mol. The number of benzene rings is 6. The summed E-state index contributed by atoms with van der Waals surface area (Å²) in [4.78, 5) is 2.56. The van der Waals surface area contributed by atoms with Crippen LogP contribution in [0.3, 0.4) is 0 Å². The average Bonchev–Trinajstić information content (AvgIpc) is 3.66. The van der Waals surface area contributed by atoms with Crippen molar-refractivity contribution in [3.63, 3.8) is 0 Å². The van der Waals surface area contributed by atoms with Crippen LogP contribution in [-0.2, 0) is 0 Å². The summed E-state index contributed by atoms with van der Waals surface area (Å²) in [7, 11) is 0. The lowest BCUT2D eigenvalue weighted by Gasteiger charge is -2.34. The van der Waals surface area contributed by atoms with Crippen LogP contribution < -0.4 is 4.90 Å². The Morgan fingerprint density at radius 2 is 1.22 bits per heavy atom. The largest absolute Gasteiger partial charge is 0.333 e. The van der Waals surface area contributed by atoms with Gasteiger partial charge in [0, 0.05) is 37.6 Å². The highest BCUT2D eigenvalue weighted by Crippen LogP contribution is 2.46. The van der Waals surface area contributed by atoms with Gasteiger partial charge in [0.05, 0.1) is 27.5 Å². The minimum absolute atomic E-state index is 0.168. The molecule has 0 fully saturated rings.